The van der Waals surface area contributed by atoms with Crippen molar-refractivity contribution < 1.29 is 0 Å². The van der Waals surface area contributed by atoms with Crippen LogP contribution in [0.2, 0.25) is 0 Å². The largest absolute Gasteiger partial charge is 0.316 e. The van der Waals surface area contributed by atoms with Crippen molar-refractivity contribution in [2.45, 2.75) is 26.8 Å². The molecule has 0 aromatic carbocycles. The fourth-order valence-electron chi connectivity index (χ4n) is 1.97. The van der Waals surface area contributed by atoms with Crippen LogP contribution in [0.5, 0.6) is 0 Å². The first-order valence-electron chi connectivity index (χ1n) is 5.51. The molecule has 4 heteroatoms. The van der Waals surface area contributed by atoms with Gasteiger partial charge in [-0.05, 0) is 25.3 Å². The van der Waals surface area contributed by atoms with Gasteiger partial charge in [-0.1, -0.05) is 6.92 Å². The number of rotatable bonds is 4. The van der Waals surface area contributed by atoms with Crippen LogP contribution in [0.25, 0.3) is 0 Å². The molecule has 1 unspecified atom stereocenters. The van der Waals surface area contributed by atoms with E-state index in [4.69, 9.17) is 0 Å². The van der Waals surface area contributed by atoms with Crippen LogP contribution in [0.3, 0.4) is 0 Å². The average Bonchev–Trinajstić information content (AvgIpc) is 2.76. The molecule has 1 aromatic heterocycles. The van der Waals surface area contributed by atoms with Crippen molar-refractivity contribution >= 4 is 11.3 Å². The second kappa shape index (κ2) is 4.60. The molecule has 1 fully saturated rings. The Balaban J connectivity index is 1.75. The second-order valence-electron chi connectivity index (χ2n) is 4.71. The number of hydrogen-bond acceptors (Lipinski definition) is 4. The molecule has 0 spiro atoms. The smallest absolute Gasteiger partial charge is 0.107 e. The van der Waals surface area contributed by atoms with Crippen molar-refractivity contribution in [3.8, 4) is 0 Å². The highest BCUT2D eigenvalue weighted by Crippen LogP contribution is 2.23. The fraction of sp³-hybridized carbons (Fsp3) is 0.727. The molecule has 2 N–H and O–H groups in total. The first-order chi connectivity index (χ1) is 7.18. The molecule has 15 heavy (non-hydrogen) atoms. The lowest BCUT2D eigenvalue weighted by Crippen LogP contribution is -2.33. The zero-order valence-corrected chi connectivity index (χ0v) is 10.3. The van der Waals surface area contributed by atoms with Crippen LogP contribution < -0.4 is 10.6 Å². The van der Waals surface area contributed by atoms with E-state index >= 15 is 0 Å². The van der Waals surface area contributed by atoms with Crippen molar-refractivity contribution in [2.75, 3.05) is 19.6 Å². The van der Waals surface area contributed by atoms with E-state index in [1.54, 1.807) is 11.3 Å². The Labute approximate surface area is 95.3 Å². The molecule has 1 atom stereocenters. The van der Waals surface area contributed by atoms with Crippen LogP contribution in [0.15, 0.2) is 6.20 Å². The molecule has 0 amide bonds. The topological polar surface area (TPSA) is 37.0 Å². The van der Waals surface area contributed by atoms with E-state index in [-0.39, 0.29) is 0 Å². The summed E-state index contributed by atoms with van der Waals surface area (Å²) in [5.41, 5.74) is 0.437. The van der Waals surface area contributed by atoms with Gasteiger partial charge < -0.3 is 10.6 Å². The van der Waals surface area contributed by atoms with Gasteiger partial charge in [0.2, 0.25) is 0 Å². The maximum absolute atomic E-state index is 4.34. The summed E-state index contributed by atoms with van der Waals surface area (Å²) < 4.78 is 0. The van der Waals surface area contributed by atoms with E-state index in [0.29, 0.717) is 5.41 Å². The molecule has 3 nitrogen and oxygen atoms in total. The standard InChI is InChI=1S/C11H19N3S/c1-9-5-14-10(15-9)6-13-8-11(2)3-4-12-7-11/h5,12-13H,3-4,6-8H2,1-2H3. The summed E-state index contributed by atoms with van der Waals surface area (Å²) in [6.07, 6.45) is 3.22. The van der Waals surface area contributed by atoms with Gasteiger partial charge in [0.1, 0.15) is 5.01 Å². The Hall–Kier alpha value is -0.450. The summed E-state index contributed by atoms with van der Waals surface area (Å²) in [5.74, 6) is 0. The lowest BCUT2D eigenvalue weighted by atomic mass is 9.90. The maximum Gasteiger partial charge on any atom is 0.107 e. The predicted molar refractivity (Wildman–Crippen MR) is 64.2 cm³/mol. The highest BCUT2D eigenvalue weighted by atomic mass is 32.1. The van der Waals surface area contributed by atoms with Gasteiger partial charge in [-0.2, -0.15) is 0 Å². The van der Waals surface area contributed by atoms with Gasteiger partial charge in [-0.25, -0.2) is 4.98 Å². The molecule has 1 aliphatic rings. The average molecular weight is 225 g/mol. The summed E-state index contributed by atoms with van der Waals surface area (Å²) in [4.78, 5) is 5.64. The first-order valence-corrected chi connectivity index (χ1v) is 6.32. The molecule has 0 radical (unpaired) electrons. The normalized spacial score (nSPS) is 26.0. The minimum Gasteiger partial charge on any atom is -0.316 e. The van der Waals surface area contributed by atoms with Crippen LogP contribution in [0.1, 0.15) is 23.2 Å². The van der Waals surface area contributed by atoms with Gasteiger partial charge in [0.15, 0.2) is 0 Å². The van der Waals surface area contributed by atoms with E-state index < -0.39 is 0 Å². The lowest BCUT2D eigenvalue weighted by molar-refractivity contribution is 0.339. The highest BCUT2D eigenvalue weighted by molar-refractivity contribution is 7.11. The Bertz CT molecular complexity index is 315. The Kier molecular flexibility index (Phi) is 3.38. The molecule has 2 heterocycles. The van der Waals surface area contributed by atoms with E-state index in [1.807, 2.05) is 6.20 Å². The number of nitrogens with one attached hydrogen (secondary N) is 2. The Morgan fingerprint density at radius 2 is 2.53 bits per heavy atom. The van der Waals surface area contributed by atoms with Gasteiger partial charge in [-0.15, -0.1) is 11.3 Å². The quantitative estimate of drug-likeness (QED) is 0.816. The van der Waals surface area contributed by atoms with Crippen molar-refractivity contribution in [3.63, 3.8) is 0 Å². The zero-order valence-electron chi connectivity index (χ0n) is 9.47. The van der Waals surface area contributed by atoms with Crippen LogP contribution >= 0.6 is 11.3 Å². The maximum atomic E-state index is 4.34. The molecule has 0 aliphatic carbocycles. The van der Waals surface area contributed by atoms with E-state index in [2.05, 4.69) is 29.5 Å². The van der Waals surface area contributed by atoms with Gasteiger partial charge >= 0.3 is 0 Å². The molecule has 0 saturated carbocycles. The minimum atomic E-state index is 0.437. The third-order valence-corrected chi connectivity index (χ3v) is 3.87. The highest BCUT2D eigenvalue weighted by Gasteiger charge is 2.27. The van der Waals surface area contributed by atoms with E-state index in [1.165, 1.54) is 16.3 Å². The van der Waals surface area contributed by atoms with Crippen molar-refractivity contribution in [2.24, 2.45) is 5.41 Å². The van der Waals surface area contributed by atoms with Crippen LogP contribution in [0.4, 0.5) is 0 Å². The molecule has 84 valence electrons. The van der Waals surface area contributed by atoms with Gasteiger partial charge in [0.05, 0.1) is 0 Å². The summed E-state index contributed by atoms with van der Waals surface area (Å²) in [6.45, 7) is 8.73. The molecule has 1 aromatic rings. The second-order valence-corrected chi connectivity index (χ2v) is 6.02. The number of nitrogens with zero attached hydrogens (tertiary/aromatic N) is 1. The Morgan fingerprint density at radius 1 is 1.67 bits per heavy atom. The van der Waals surface area contributed by atoms with Crippen LogP contribution in [-0.2, 0) is 6.54 Å². The summed E-state index contributed by atoms with van der Waals surface area (Å²) >= 11 is 1.78. The molecule has 2 rings (SSSR count). The number of aryl methyl sites for hydroxylation is 1. The fourth-order valence-corrected chi connectivity index (χ4v) is 2.73. The van der Waals surface area contributed by atoms with Crippen molar-refractivity contribution in [1.29, 1.82) is 0 Å². The summed E-state index contributed by atoms with van der Waals surface area (Å²) in [7, 11) is 0. The van der Waals surface area contributed by atoms with Gasteiger partial charge in [0, 0.05) is 30.7 Å². The van der Waals surface area contributed by atoms with Crippen LogP contribution in [0, 0.1) is 12.3 Å². The summed E-state index contributed by atoms with van der Waals surface area (Å²) in [6, 6.07) is 0. The molecular formula is C11H19N3S. The molecule has 1 saturated heterocycles. The third-order valence-electron chi connectivity index (χ3n) is 2.95. The Morgan fingerprint density at radius 3 is 3.13 bits per heavy atom. The monoisotopic (exact) mass is 225 g/mol. The molecule has 0 bridgehead atoms. The van der Waals surface area contributed by atoms with E-state index in [9.17, 15) is 0 Å². The van der Waals surface area contributed by atoms with Crippen molar-refractivity contribution in [1.82, 2.24) is 15.6 Å². The lowest BCUT2D eigenvalue weighted by Gasteiger charge is -2.22. The summed E-state index contributed by atoms with van der Waals surface area (Å²) in [5, 5.41) is 8.11. The zero-order chi connectivity index (χ0) is 10.7. The van der Waals surface area contributed by atoms with Crippen LogP contribution in [-0.4, -0.2) is 24.6 Å². The SMILES string of the molecule is Cc1cnc(CNCC2(C)CCNC2)s1. The number of thiazole rings is 1. The van der Waals surface area contributed by atoms with E-state index in [0.717, 1.165) is 26.2 Å². The predicted octanol–water partition coefficient (Wildman–Crippen LogP) is 1.54. The third kappa shape index (κ3) is 3.00. The van der Waals surface area contributed by atoms with Gasteiger partial charge in [0.25, 0.3) is 0 Å². The minimum absolute atomic E-state index is 0.437. The number of aromatic nitrogens is 1. The first kappa shape index (κ1) is 11.0. The van der Waals surface area contributed by atoms with Crippen molar-refractivity contribution in [3.05, 3.63) is 16.1 Å². The number of hydrogen-bond donors (Lipinski definition) is 2. The molecule has 1 aliphatic heterocycles. The molecular weight excluding hydrogens is 206 g/mol. The van der Waals surface area contributed by atoms with Gasteiger partial charge in [-0.3, -0.25) is 0 Å².